The number of carbonyl (C=O) groups excluding carboxylic acids is 1. The van der Waals surface area contributed by atoms with Gasteiger partial charge in [0, 0.05) is 17.6 Å². The van der Waals surface area contributed by atoms with Gasteiger partial charge < -0.3 is 5.32 Å². The zero-order chi connectivity index (χ0) is 16.8. The summed E-state index contributed by atoms with van der Waals surface area (Å²) in [6.45, 7) is 4.81. The molecule has 2 rings (SSSR count). The zero-order valence-electron chi connectivity index (χ0n) is 13.2. The second-order valence-electron chi connectivity index (χ2n) is 5.66. The average molecular weight is 335 g/mol. The lowest BCUT2D eigenvalue weighted by Gasteiger charge is -2.26. The Hall–Kier alpha value is -1.91. The second kappa shape index (κ2) is 8.09. The standard InChI is InChI=1S/C18H20ClFN2O/c1-13(2)22(11-14-6-5-7-15(19)10-14)12-18(23)21-17-9-4-3-8-16(17)20/h3-10,13H,11-12H2,1-2H3,(H,21,23). The van der Waals surface area contributed by atoms with Gasteiger partial charge in [0.1, 0.15) is 5.82 Å². The van der Waals surface area contributed by atoms with Crippen LogP contribution in [0.15, 0.2) is 48.5 Å². The first kappa shape index (κ1) is 17.4. The summed E-state index contributed by atoms with van der Waals surface area (Å²) in [7, 11) is 0. The number of rotatable bonds is 6. The quantitative estimate of drug-likeness (QED) is 0.852. The van der Waals surface area contributed by atoms with Crippen LogP contribution in [0, 0.1) is 5.82 Å². The summed E-state index contributed by atoms with van der Waals surface area (Å²) in [5.74, 6) is -0.683. The van der Waals surface area contributed by atoms with E-state index in [2.05, 4.69) is 5.32 Å². The summed E-state index contributed by atoms with van der Waals surface area (Å²) < 4.78 is 13.6. The number of anilines is 1. The third-order valence-corrected chi connectivity index (χ3v) is 3.73. The van der Waals surface area contributed by atoms with E-state index < -0.39 is 5.82 Å². The average Bonchev–Trinajstić information content (AvgIpc) is 2.49. The van der Waals surface area contributed by atoms with E-state index in [1.54, 1.807) is 18.2 Å². The van der Waals surface area contributed by atoms with Crippen LogP contribution in [0.3, 0.4) is 0 Å². The summed E-state index contributed by atoms with van der Waals surface area (Å²) in [6.07, 6.45) is 0. The maximum Gasteiger partial charge on any atom is 0.238 e. The molecule has 3 nitrogen and oxygen atoms in total. The Bertz CT molecular complexity index is 676. The van der Waals surface area contributed by atoms with Gasteiger partial charge in [-0.2, -0.15) is 0 Å². The minimum absolute atomic E-state index is 0.167. The van der Waals surface area contributed by atoms with Gasteiger partial charge in [0.25, 0.3) is 0 Å². The predicted molar refractivity (Wildman–Crippen MR) is 92.0 cm³/mol. The van der Waals surface area contributed by atoms with Crippen LogP contribution in [0.4, 0.5) is 10.1 Å². The van der Waals surface area contributed by atoms with E-state index in [0.29, 0.717) is 11.6 Å². The van der Waals surface area contributed by atoms with Crippen molar-refractivity contribution in [2.75, 3.05) is 11.9 Å². The smallest absolute Gasteiger partial charge is 0.238 e. The van der Waals surface area contributed by atoms with Crippen molar-refractivity contribution in [1.82, 2.24) is 4.90 Å². The van der Waals surface area contributed by atoms with Gasteiger partial charge in [0.15, 0.2) is 0 Å². The van der Waals surface area contributed by atoms with E-state index in [1.165, 1.54) is 6.07 Å². The van der Waals surface area contributed by atoms with Crippen LogP contribution in [0.1, 0.15) is 19.4 Å². The molecule has 5 heteroatoms. The Kier molecular flexibility index (Phi) is 6.13. The van der Waals surface area contributed by atoms with E-state index >= 15 is 0 Å². The van der Waals surface area contributed by atoms with Crippen LogP contribution < -0.4 is 5.32 Å². The molecule has 0 bridgehead atoms. The molecule has 2 aromatic carbocycles. The lowest BCUT2D eigenvalue weighted by Crippen LogP contribution is -2.37. The molecule has 0 heterocycles. The molecule has 0 unspecified atom stereocenters. The van der Waals surface area contributed by atoms with Crippen LogP contribution >= 0.6 is 11.6 Å². The molecule has 0 fully saturated rings. The van der Waals surface area contributed by atoms with Crippen molar-refractivity contribution in [3.63, 3.8) is 0 Å². The van der Waals surface area contributed by atoms with E-state index in [9.17, 15) is 9.18 Å². The van der Waals surface area contributed by atoms with Crippen LogP contribution in [-0.2, 0) is 11.3 Å². The maximum absolute atomic E-state index is 13.6. The van der Waals surface area contributed by atoms with Crippen molar-refractivity contribution in [3.8, 4) is 0 Å². The van der Waals surface area contributed by atoms with Gasteiger partial charge >= 0.3 is 0 Å². The maximum atomic E-state index is 13.6. The predicted octanol–water partition coefficient (Wildman–Crippen LogP) is 4.33. The molecule has 0 atom stereocenters. The third kappa shape index (κ3) is 5.34. The molecule has 0 radical (unpaired) electrons. The summed E-state index contributed by atoms with van der Waals surface area (Å²) in [5.41, 5.74) is 1.23. The van der Waals surface area contributed by atoms with Gasteiger partial charge in [0.05, 0.1) is 12.2 Å². The molecule has 1 N–H and O–H groups in total. The monoisotopic (exact) mass is 334 g/mol. The number of hydrogen-bond donors (Lipinski definition) is 1. The number of nitrogens with zero attached hydrogens (tertiary/aromatic N) is 1. The van der Waals surface area contributed by atoms with Crippen molar-refractivity contribution in [2.24, 2.45) is 0 Å². The van der Waals surface area contributed by atoms with E-state index in [1.807, 2.05) is 43.0 Å². The lowest BCUT2D eigenvalue weighted by atomic mass is 10.2. The molecule has 0 aliphatic carbocycles. The summed E-state index contributed by atoms with van der Waals surface area (Å²) in [5, 5.41) is 3.28. The molecule has 0 spiro atoms. The topological polar surface area (TPSA) is 32.3 Å². The van der Waals surface area contributed by atoms with Gasteiger partial charge in [-0.05, 0) is 43.7 Å². The van der Waals surface area contributed by atoms with Gasteiger partial charge in [-0.25, -0.2) is 4.39 Å². The van der Waals surface area contributed by atoms with E-state index in [-0.39, 0.29) is 24.2 Å². The first-order valence-electron chi connectivity index (χ1n) is 7.48. The Balaban J connectivity index is 2.01. The highest BCUT2D eigenvalue weighted by atomic mass is 35.5. The fourth-order valence-electron chi connectivity index (χ4n) is 2.23. The number of carbonyl (C=O) groups is 1. The number of benzene rings is 2. The van der Waals surface area contributed by atoms with Crippen molar-refractivity contribution in [3.05, 3.63) is 64.9 Å². The molecule has 0 saturated heterocycles. The largest absolute Gasteiger partial charge is 0.322 e. The normalized spacial score (nSPS) is 11.0. The van der Waals surface area contributed by atoms with Gasteiger partial charge in [0.2, 0.25) is 5.91 Å². The molecule has 0 aromatic heterocycles. The van der Waals surface area contributed by atoms with Crippen LogP contribution in [0.2, 0.25) is 5.02 Å². The Morgan fingerprint density at radius 3 is 2.61 bits per heavy atom. The van der Waals surface area contributed by atoms with E-state index in [4.69, 9.17) is 11.6 Å². The van der Waals surface area contributed by atoms with Crippen molar-refractivity contribution >= 4 is 23.2 Å². The number of nitrogens with one attached hydrogen (secondary N) is 1. The highest BCUT2D eigenvalue weighted by Gasteiger charge is 2.15. The fraction of sp³-hybridized carbons (Fsp3) is 0.278. The molecule has 0 aliphatic heterocycles. The van der Waals surface area contributed by atoms with Gasteiger partial charge in [-0.3, -0.25) is 9.69 Å². The highest BCUT2D eigenvalue weighted by Crippen LogP contribution is 2.15. The van der Waals surface area contributed by atoms with Gasteiger partial charge in [-0.15, -0.1) is 0 Å². The van der Waals surface area contributed by atoms with E-state index in [0.717, 1.165) is 5.56 Å². The second-order valence-corrected chi connectivity index (χ2v) is 6.09. The number of amides is 1. The number of hydrogen-bond acceptors (Lipinski definition) is 2. The molecular weight excluding hydrogens is 315 g/mol. The Morgan fingerprint density at radius 1 is 1.22 bits per heavy atom. The minimum atomic E-state index is -0.438. The minimum Gasteiger partial charge on any atom is -0.322 e. The molecule has 1 amide bonds. The van der Waals surface area contributed by atoms with Crippen molar-refractivity contribution in [1.29, 1.82) is 0 Å². The highest BCUT2D eigenvalue weighted by molar-refractivity contribution is 6.30. The number of para-hydroxylation sites is 1. The van der Waals surface area contributed by atoms with Crippen LogP contribution in [-0.4, -0.2) is 23.4 Å². The third-order valence-electron chi connectivity index (χ3n) is 3.50. The first-order valence-corrected chi connectivity index (χ1v) is 7.86. The molecule has 0 aliphatic rings. The van der Waals surface area contributed by atoms with Gasteiger partial charge in [-0.1, -0.05) is 35.9 Å². The SMILES string of the molecule is CC(C)N(CC(=O)Nc1ccccc1F)Cc1cccc(Cl)c1. The summed E-state index contributed by atoms with van der Waals surface area (Å²) in [4.78, 5) is 14.2. The van der Waals surface area contributed by atoms with Crippen LogP contribution in [0.25, 0.3) is 0 Å². The van der Waals surface area contributed by atoms with Crippen molar-refractivity contribution < 1.29 is 9.18 Å². The number of halogens is 2. The Morgan fingerprint density at radius 2 is 1.96 bits per heavy atom. The summed E-state index contributed by atoms with van der Waals surface area (Å²) in [6, 6.07) is 13.9. The molecule has 23 heavy (non-hydrogen) atoms. The molecule has 0 saturated carbocycles. The fourth-order valence-corrected chi connectivity index (χ4v) is 2.44. The lowest BCUT2D eigenvalue weighted by molar-refractivity contribution is -0.117. The zero-order valence-corrected chi connectivity index (χ0v) is 14.0. The first-order chi connectivity index (χ1) is 11.0. The molecule has 2 aromatic rings. The molecular formula is C18H20ClFN2O. The van der Waals surface area contributed by atoms with Crippen molar-refractivity contribution in [2.45, 2.75) is 26.4 Å². The molecule has 122 valence electrons. The Labute approximate surface area is 141 Å². The van der Waals surface area contributed by atoms with Crippen LogP contribution in [0.5, 0.6) is 0 Å². The summed E-state index contributed by atoms with van der Waals surface area (Å²) >= 11 is 6.00.